The van der Waals surface area contributed by atoms with Crippen molar-refractivity contribution in [3.05, 3.63) is 198 Å². The Kier molecular flexibility index (Phi) is 6.64. The van der Waals surface area contributed by atoms with Crippen molar-refractivity contribution in [1.82, 2.24) is 4.57 Å². The van der Waals surface area contributed by atoms with E-state index in [9.17, 15) is 4.79 Å². The molecule has 11 rings (SSSR count). The van der Waals surface area contributed by atoms with Gasteiger partial charge in [0.25, 0.3) is 0 Å². The van der Waals surface area contributed by atoms with Gasteiger partial charge in [-0.3, -0.25) is 4.79 Å². The Labute approximate surface area is 310 Å². The maximum absolute atomic E-state index is 13.4. The highest BCUT2D eigenvalue weighted by atomic mass is 16.3. The first-order valence-corrected chi connectivity index (χ1v) is 18.1. The smallest absolute Gasteiger partial charge is 0.200 e. The zero-order chi connectivity index (χ0) is 35.8. The van der Waals surface area contributed by atoms with Crippen molar-refractivity contribution in [1.29, 1.82) is 0 Å². The second-order valence-corrected chi connectivity index (χ2v) is 13.7. The lowest BCUT2D eigenvalue weighted by molar-refractivity contribution is 0.661. The number of hydrogen-bond acceptors (Lipinski definition) is 4. The molecule has 54 heavy (non-hydrogen) atoms. The second kappa shape index (κ2) is 11.8. The van der Waals surface area contributed by atoms with Crippen molar-refractivity contribution in [3.8, 4) is 16.8 Å². The lowest BCUT2D eigenvalue weighted by Crippen LogP contribution is -2.23. The molecule has 0 aliphatic carbocycles. The molecule has 0 saturated heterocycles. The number of aromatic nitrogens is 1. The summed E-state index contributed by atoms with van der Waals surface area (Å²) in [7, 11) is 0. The first-order chi connectivity index (χ1) is 26.7. The van der Waals surface area contributed by atoms with Gasteiger partial charge in [-0.25, -0.2) is 0 Å². The molecule has 0 radical (unpaired) electrons. The summed E-state index contributed by atoms with van der Waals surface area (Å²) in [4.78, 5) is 18.1. The molecule has 254 valence electrons. The Morgan fingerprint density at radius 1 is 0.389 bits per heavy atom. The van der Waals surface area contributed by atoms with Gasteiger partial charge in [-0.05, 0) is 96.6 Å². The van der Waals surface area contributed by atoms with Gasteiger partial charge in [-0.2, -0.15) is 0 Å². The molecular formula is C49H31N3O2. The minimum absolute atomic E-state index is 0.0139. The molecule has 0 fully saturated rings. The molecule has 0 spiro atoms. The Morgan fingerprint density at radius 2 is 0.944 bits per heavy atom. The van der Waals surface area contributed by atoms with Gasteiger partial charge in [0.1, 0.15) is 11.2 Å². The average Bonchev–Trinajstić information content (AvgIpc) is 3.57. The lowest BCUT2D eigenvalue weighted by atomic mass is 10.0. The molecule has 0 saturated carbocycles. The molecule has 0 unspecified atom stereocenters. The SMILES string of the molecule is O=c1c2ccccc2oc2c(-c3ccc(-n4c5ccccc5c5cc(N6c7ccccc7N(c7ccccc7)c7ccccc76)ccc54)cc3)cccc12. The molecule has 0 amide bonds. The van der Waals surface area contributed by atoms with E-state index in [1.54, 1.807) is 0 Å². The first kappa shape index (κ1) is 30.3. The third-order valence-corrected chi connectivity index (χ3v) is 10.7. The van der Waals surface area contributed by atoms with E-state index in [0.29, 0.717) is 21.9 Å². The average molecular weight is 694 g/mol. The normalized spacial score (nSPS) is 12.4. The molecule has 5 nitrogen and oxygen atoms in total. The van der Waals surface area contributed by atoms with Crippen molar-refractivity contribution in [2.45, 2.75) is 0 Å². The third-order valence-electron chi connectivity index (χ3n) is 10.7. The van der Waals surface area contributed by atoms with Crippen LogP contribution >= 0.6 is 0 Å². The van der Waals surface area contributed by atoms with Gasteiger partial charge in [-0.15, -0.1) is 0 Å². The number of fused-ring (bicyclic) bond motifs is 7. The van der Waals surface area contributed by atoms with Gasteiger partial charge in [0.15, 0.2) is 0 Å². The van der Waals surface area contributed by atoms with Gasteiger partial charge >= 0.3 is 0 Å². The summed E-state index contributed by atoms with van der Waals surface area (Å²) in [6.07, 6.45) is 0. The number of anilines is 6. The molecule has 10 aromatic rings. The lowest BCUT2D eigenvalue weighted by Gasteiger charge is -2.40. The van der Waals surface area contributed by atoms with Crippen LogP contribution in [-0.2, 0) is 0 Å². The molecule has 5 heteroatoms. The number of rotatable bonds is 4. The van der Waals surface area contributed by atoms with Gasteiger partial charge in [-0.1, -0.05) is 97.1 Å². The van der Waals surface area contributed by atoms with E-state index in [4.69, 9.17) is 4.42 Å². The highest BCUT2D eigenvalue weighted by Crippen LogP contribution is 2.54. The van der Waals surface area contributed by atoms with E-state index >= 15 is 0 Å². The van der Waals surface area contributed by atoms with Crippen molar-refractivity contribution >= 4 is 77.9 Å². The fourth-order valence-electron chi connectivity index (χ4n) is 8.30. The van der Waals surface area contributed by atoms with Crippen molar-refractivity contribution in [2.75, 3.05) is 9.80 Å². The van der Waals surface area contributed by atoms with Crippen LogP contribution in [0.15, 0.2) is 197 Å². The molecule has 0 atom stereocenters. The summed E-state index contributed by atoms with van der Waals surface area (Å²) in [5, 5.41) is 3.54. The first-order valence-electron chi connectivity index (χ1n) is 18.1. The van der Waals surface area contributed by atoms with Crippen molar-refractivity contribution < 1.29 is 4.42 Å². The molecule has 0 N–H and O–H groups in total. The van der Waals surface area contributed by atoms with Crippen LogP contribution in [0.25, 0.3) is 60.6 Å². The fraction of sp³-hybridized carbons (Fsp3) is 0. The predicted molar refractivity (Wildman–Crippen MR) is 223 cm³/mol. The van der Waals surface area contributed by atoms with Gasteiger partial charge < -0.3 is 18.8 Å². The fourth-order valence-corrected chi connectivity index (χ4v) is 8.30. The molecule has 8 aromatic carbocycles. The second-order valence-electron chi connectivity index (χ2n) is 13.7. The van der Waals surface area contributed by atoms with Crippen LogP contribution in [0.2, 0.25) is 0 Å². The van der Waals surface area contributed by atoms with E-state index in [2.05, 4.69) is 160 Å². The molecule has 2 aromatic heterocycles. The summed E-state index contributed by atoms with van der Waals surface area (Å²) in [5.74, 6) is 0. The third kappa shape index (κ3) is 4.49. The van der Waals surface area contributed by atoms with Crippen LogP contribution in [0, 0.1) is 0 Å². The number of para-hydroxylation sites is 8. The zero-order valence-corrected chi connectivity index (χ0v) is 29.1. The Bertz CT molecular complexity index is 3100. The van der Waals surface area contributed by atoms with E-state index in [0.717, 1.165) is 62.0 Å². The maximum atomic E-state index is 13.4. The summed E-state index contributed by atoms with van der Waals surface area (Å²) in [6, 6.07) is 65.1. The maximum Gasteiger partial charge on any atom is 0.200 e. The standard InChI is InChI=1S/C49H31N3O2/c53-48-38-16-5-11-24-47(38)54-49-36(17-12-18-39(48)49)32-25-27-34(28-26-32)50-41-19-6-4-15-37(41)40-31-35(29-30-42(40)50)52-45-22-9-7-20-43(45)51(33-13-2-1-3-14-33)44-21-8-10-23-46(44)52/h1-31H. The van der Waals surface area contributed by atoms with Crippen LogP contribution in [-0.4, -0.2) is 4.57 Å². The Hall–Kier alpha value is -7.37. The van der Waals surface area contributed by atoms with Crippen LogP contribution in [0.4, 0.5) is 34.1 Å². The van der Waals surface area contributed by atoms with E-state index in [1.807, 2.05) is 42.5 Å². The van der Waals surface area contributed by atoms with Gasteiger partial charge in [0.05, 0.1) is 44.6 Å². The van der Waals surface area contributed by atoms with Gasteiger partial charge in [0.2, 0.25) is 5.43 Å². The van der Waals surface area contributed by atoms with Gasteiger partial charge in [0, 0.05) is 33.4 Å². The summed E-state index contributed by atoms with van der Waals surface area (Å²) >= 11 is 0. The number of benzene rings is 8. The number of hydrogen-bond donors (Lipinski definition) is 0. The Balaban J connectivity index is 1.05. The highest BCUT2D eigenvalue weighted by Gasteiger charge is 2.30. The molecule has 1 aliphatic rings. The number of nitrogens with zero attached hydrogens (tertiary/aromatic N) is 3. The van der Waals surface area contributed by atoms with E-state index in [1.165, 1.54) is 10.8 Å². The molecule has 1 aliphatic heterocycles. The van der Waals surface area contributed by atoms with E-state index in [-0.39, 0.29) is 5.43 Å². The van der Waals surface area contributed by atoms with Crippen molar-refractivity contribution in [3.63, 3.8) is 0 Å². The highest BCUT2D eigenvalue weighted by molar-refractivity contribution is 6.12. The Morgan fingerprint density at radius 3 is 1.67 bits per heavy atom. The van der Waals surface area contributed by atoms with Crippen LogP contribution in [0.1, 0.15) is 0 Å². The zero-order valence-electron chi connectivity index (χ0n) is 29.1. The monoisotopic (exact) mass is 693 g/mol. The molecule has 3 heterocycles. The van der Waals surface area contributed by atoms with E-state index < -0.39 is 0 Å². The van der Waals surface area contributed by atoms with Crippen LogP contribution in [0.3, 0.4) is 0 Å². The quantitative estimate of drug-likeness (QED) is 0.172. The molecular weight excluding hydrogens is 663 g/mol. The predicted octanol–water partition coefficient (Wildman–Crippen LogP) is 13.0. The van der Waals surface area contributed by atoms with Crippen molar-refractivity contribution in [2.24, 2.45) is 0 Å². The largest absolute Gasteiger partial charge is 0.455 e. The summed E-state index contributed by atoms with van der Waals surface area (Å²) in [5.41, 5.74) is 13.1. The molecule has 0 bridgehead atoms. The summed E-state index contributed by atoms with van der Waals surface area (Å²) < 4.78 is 8.69. The summed E-state index contributed by atoms with van der Waals surface area (Å²) in [6.45, 7) is 0. The van der Waals surface area contributed by atoms with Crippen LogP contribution < -0.4 is 15.2 Å². The topological polar surface area (TPSA) is 41.6 Å². The van der Waals surface area contributed by atoms with Crippen LogP contribution in [0.5, 0.6) is 0 Å². The minimum atomic E-state index is -0.0139. The minimum Gasteiger partial charge on any atom is -0.455 e.